The van der Waals surface area contributed by atoms with E-state index >= 15 is 0 Å². The molecule has 3 heteroatoms. The first-order valence-electron chi connectivity index (χ1n) is 6.01. The van der Waals surface area contributed by atoms with Gasteiger partial charge in [0.2, 0.25) is 0 Å². The molecule has 1 fully saturated rings. The highest BCUT2D eigenvalue weighted by atomic mass is 15.1. The largest absolute Gasteiger partial charge is 0.308 e. The Labute approximate surface area is 93.5 Å². The van der Waals surface area contributed by atoms with E-state index in [1.807, 2.05) is 0 Å². The molecule has 1 N–H and O–H groups in total. The van der Waals surface area contributed by atoms with Crippen molar-refractivity contribution < 1.29 is 0 Å². The van der Waals surface area contributed by atoms with Gasteiger partial charge >= 0.3 is 0 Å². The maximum atomic E-state index is 9.12. The van der Waals surface area contributed by atoms with Crippen molar-refractivity contribution in [1.82, 2.24) is 10.2 Å². The molecule has 1 aliphatic carbocycles. The first-order valence-corrected chi connectivity index (χ1v) is 6.01. The second kappa shape index (κ2) is 6.81. The van der Waals surface area contributed by atoms with Gasteiger partial charge in [0, 0.05) is 13.1 Å². The van der Waals surface area contributed by atoms with E-state index in [1.54, 1.807) is 0 Å². The molecule has 0 aromatic carbocycles. The molecule has 0 aliphatic heterocycles. The van der Waals surface area contributed by atoms with Gasteiger partial charge in [-0.25, -0.2) is 0 Å². The zero-order valence-electron chi connectivity index (χ0n) is 10.00. The minimum Gasteiger partial charge on any atom is -0.308 e. The van der Waals surface area contributed by atoms with Crippen LogP contribution in [0.3, 0.4) is 0 Å². The second-order valence-electron chi connectivity index (χ2n) is 4.76. The van der Waals surface area contributed by atoms with Crippen molar-refractivity contribution in [1.29, 1.82) is 5.26 Å². The van der Waals surface area contributed by atoms with E-state index in [4.69, 9.17) is 5.26 Å². The molecule has 0 saturated heterocycles. The summed E-state index contributed by atoms with van der Waals surface area (Å²) < 4.78 is 0. The molecular weight excluding hydrogens is 186 g/mol. The summed E-state index contributed by atoms with van der Waals surface area (Å²) in [6.45, 7) is 1.92. The first kappa shape index (κ1) is 12.5. The van der Waals surface area contributed by atoms with Gasteiger partial charge in [-0.2, -0.15) is 5.26 Å². The van der Waals surface area contributed by atoms with Crippen molar-refractivity contribution in [3.63, 3.8) is 0 Å². The minimum atomic E-state index is 0.0743. The lowest BCUT2D eigenvalue weighted by Gasteiger charge is -2.26. The molecule has 0 radical (unpaired) electrons. The van der Waals surface area contributed by atoms with Crippen LogP contribution in [0.2, 0.25) is 0 Å². The Hall–Kier alpha value is -0.590. The lowest BCUT2D eigenvalue weighted by Crippen LogP contribution is -2.39. The fraction of sp³-hybridized carbons (Fsp3) is 0.917. The van der Waals surface area contributed by atoms with Crippen LogP contribution in [0.25, 0.3) is 0 Å². The molecule has 0 aromatic rings. The SMILES string of the molecule is CN(C)CCNC(C#N)C1CCCCC1. The molecule has 1 saturated carbocycles. The normalized spacial score (nSPS) is 20.1. The van der Waals surface area contributed by atoms with Crippen molar-refractivity contribution in [2.24, 2.45) is 5.92 Å². The maximum Gasteiger partial charge on any atom is 0.0981 e. The smallest absolute Gasteiger partial charge is 0.0981 e. The zero-order valence-corrected chi connectivity index (χ0v) is 10.00. The van der Waals surface area contributed by atoms with E-state index in [-0.39, 0.29) is 6.04 Å². The van der Waals surface area contributed by atoms with Crippen LogP contribution in [-0.2, 0) is 0 Å². The summed E-state index contributed by atoms with van der Waals surface area (Å²) in [4.78, 5) is 2.14. The summed E-state index contributed by atoms with van der Waals surface area (Å²) in [5.41, 5.74) is 0. The number of hydrogen-bond donors (Lipinski definition) is 1. The van der Waals surface area contributed by atoms with E-state index in [1.165, 1.54) is 32.1 Å². The number of likely N-dealkylation sites (N-methyl/N-ethyl adjacent to an activating group) is 1. The summed E-state index contributed by atoms with van der Waals surface area (Å²) in [5, 5.41) is 12.5. The summed E-state index contributed by atoms with van der Waals surface area (Å²) >= 11 is 0. The lowest BCUT2D eigenvalue weighted by molar-refractivity contribution is 0.295. The molecule has 0 spiro atoms. The van der Waals surface area contributed by atoms with E-state index in [2.05, 4.69) is 30.4 Å². The molecule has 15 heavy (non-hydrogen) atoms. The predicted molar refractivity (Wildman–Crippen MR) is 62.5 cm³/mol. The highest BCUT2D eigenvalue weighted by Gasteiger charge is 2.22. The highest BCUT2D eigenvalue weighted by molar-refractivity contribution is 4.95. The van der Waals surface area contributed by atoms with E-state index in [0.717, 1.165) is 13.1 Å². The third-order valence-corrected chi connectivity index (χ3v) is 3.18. The third-order valence-electron chi connectivity index (χ3n) is 3.18. The Bertz CT molecular complexity index is 201. The molecule has 0 aromatic heterocycles. The van der Waals surface area contributed by atoms with Crippen LogP contribution >= 0.6 is 0 Å². The average molecular weight is 209 g/mol. The van der Waals surface area contributed by atoms with Crippen LogP contribution in [0.15, 0.2) is 0 Å². The first-order chi connectivity index (χ1) is 7.24. The Morgan fingerprint density at radius 3 is 2.53 bits per heavy atom. The molecule has 1 rings (SSSR count). The number of nitriles is 1. The molecule has 1 unspecified atom stereocenters. The van der Waals surface area contributed by atoms with Crippen molar-refractivity contribution >= 4 is 0 Å². The summed E-state index contributed by atoms with van der Waals surface area (Å²) in [5.74, 6) is 0.589. The maximum absolute atomic E-state index is 9.12. The molecule has 86 valence electrons. The van der Waals surface area contributed by atoms with Crippen LogP contribution in [0.4, 0.5) is 0 Å². The number of hydrogen-bond acceptors (Lipinski definition) is 3. The molecule has 1 atom stereocenters. The molecular formula is C12H23N3. The van der Waals surface area contributed by atoms with Crippen LogP contribution in [0, 0.1) is 17.2 Å². The Morgan fingerprint density at radius 1 is 1.33 bits per heavy atom. The Balaban J connectivity index is 2.25. The average Bonchev–Trinajstić information content (AvgIpc) is 2.25. The zero-order chi connectivity index (χ0) is 11.1. The standard InChI is InChI=1S/C12H23N3/c1-15(2)9-8-14-12(10-13)11-6-4-3-5-7-11/h11-12,14H,3-9H2,1-2H3. The van der Waals surface area contributed by atoms with Crippen LogP contribution in [0.1, 0.15) is 32.1 Å². The fourth-order valence-corrected chi connectivity index (χ4v) is 2.23. The highest BCUT2D eigenvalue weighted by Crippen LogP contribution is 2.26. The number of nitrogens with one attached hydrogen (secondary N) is 1. The van der Waals surface area contributed by atoms with Crippen LogP contribution < -0.4 is 5.32 Å². The van der Waals surface area contributed by atoms with Gasteiger partial charge in [-0.3, -0.25) is 0 Å². The lowest BCUT2D eigenvalue weighted by atomic mass is 9.84. The van der Waals surface area contributed by atoms with Gasteiger partial charge in [0.05, 0.1) is 12.1 Å². The summed E-state index contributed by atoms with van der Waals surface area (Å²) in [6.07, 6.45) is 6.42. The van der Waals surface area contributed by atoms with E-state index in [0.29, 0.717) is 5.92 Å². The van der Waals surface area contributed by atoms with Gasteiger partial charge in [-0.15, -0.1) is 0 Å². The number of nitrogens with zero attached hydrogens (tertiary/aromatic N) is 2. The van der Waals surface area contributed by atoms with Gasteiger partial charge in [-0.1, -0.05) is 19.3 Å². The topological polar surface area (TPSA) is 39.1 Å². The monoisotopic (exact) mass is 209 g/mol. The quantitative estimate of drug-likeness (QED) is 0.747. The molecule has 1 aliphatic rings. The van der Waals surface area contributed by atoms with Crippen LogP contribution in [-0.4, -0.2) is 38.1 Å². The van der Waals surface area contributed by atoms with Gasteiger partial charge in [0.1, 0.15) is 0 Å². The van der Waals surface area contributed by atoms with E-state index in [9.17, 15) is 0 Å². The number of rotatable bonds is 5. The molecule has 0 heterocycles. The van der Waals surface area contributed by atoms with E-state index < -0.39 is 0 Å². The van der Waals surface area contributed by atoms with Gasteiger partial charge < -0.3 is 10.2 Å². The Morgan fingerprint density at radius 2 is 2.00 bits per heavy atom. The molecule has 0 amide bonds. The summed E-state index contributed by atoms with van der Waals surface area (Å²) in [6, 6.07) is 2.49. The molecule has 3 nitrogen and oxygen atoms in total. The predicted octanol–water partition coefficient (Wildman–Crippen LogP) is 1.61. The minimum absolute atomic E-state index is 0.0743. The van der Waals surface area contributed by atoms with Crippen molar-refractivity contribution in [2.45, 2.75) is 38.1 Å². The third kappa shape index (κ3) is 4.63. The summed E-state index contributed by atoms with van der Waals surface area (Å²) in [7, 11) is 4.12. The fourth-order valence-electron chi connectivity index (χ4n) is 2.23. The van der Waals surface area contributed by atoms with Gasteiger partial charge in [0.15, 0.2) is 0 Å². The van der Waals surface area contributed by atoms with Gasteiger partial charge in [0.25, 0.3) is 0 Å². The van der Waals surface area contributed by atoms with Gasteiger partial charge in [-0.05, 0) is 32.9 Å². The second-order valence-corrected chi connectivity index (χ2v) is 4.76. The van der Waals surface area contributed by atoms with Crippen molar-refractivity contribution in [3.8, 4) is 6.07 Å². The van der Waals surface area contributed by atoms with Crippen LogP contribution in [0.5, 0.6) is 0 Å². The van der Waals surface area contributed by atoms with Crippen molar-refractivity contribution in [3.05, 3.63) is 0 Å². The Kier molecular flexibility index (Phi) is 5.67. The molecule has 0 bridgehead atoms. The van der Waals surface area contributed by atoms with Crippen molar-refractivity contribution in [2.75, 3.05) is 27.2 Å².